The average molecular weight is 212 g/mol. The summed E-state index contributed by atoms with van der Waals surface area (Å²) in [5, 5.41) is 3.57. The normalized spacial score (nSPS) is 16.5. The SMILES string of the molecule is COc1cc(C(=O)N2CCOCC2)on1. The van der Waals surface area contributed by atoms with Gasteiger partial charge in [0.2, 0.25) is 5.76 Å². The lowest BCUT2D eigenvalue weighted by atomic mass is 10.3. The first kappa shape index (κ1) is 9.97. The Balaban J connectivity index is 2.05. The molecular weight excluding hydrogens is 200 g/mol. The second-order valence-corrected chi connectivity index (χ2v) is 3.14. The minimum absolute atomic E-state index is 0.172. The van der Waals surface area contributed by atoms with E-state index in [1.807, 2.05) is 0 Å². The number of methoxy groups -OCH3 is 1. The van der Waals surface area contributed by atoms with Crippen LogP contribution in [0, 0.1) is 0 Å². The lowest BCUT2D eigenvalue weighted by Gasteiger charge is -2.25. The number of amides is 1. The van der Waals surface area contributed by atoms with Crippen LogP contribution in [0.5, 0.6) is 5.88 Å². The molecule has 0 saturated carbocycles. The number of aromatic nitrogens is 1. The Morgan fingerprint density at radius 1 is 1.53 bits per heavy atom. The second-order valence-electron chi connectivity index (χ2n) is 3.14. The Morgan fingerprint density at radius 2 is 2.27 bits per heavy atom. The number of ether oxygens (including phenoxy) is 2. The fourth-order valence-corrected chi connectivity index (χ4v) is 1.38. The molecule has 6 nitrogen and oxygen atoms in total. The molecule has 0 unspecified atom stereocenters. The largest absolute Gasteiger partial charge is 0.479 e. The van der Waals surface area contributed by atoms with Crippen LogP contribution in [0.25, 0.3) is 0 Å². The Hall–Kier alpha value is -1.56. The number of morpholine rings is 1. The van der Waals surface area contributed by atoms with Crippen molar-refractivity contribution in [2.75, 3.05) is 33.4 Å². The summed E-state index contributed by atoms with van der Waals surface area (Å²) < 4.78 is 14.8. The molecule has 0 aliphatic carbocycles. The van der Waals surface area contributed by atoms with E-state index in [4.69, 9.17) is 14.0 Å². The van der Waals surface area contributed by atoms with Crippen LogP contribution < -0.4 is 4.74 Å². The molecule has 2 heterocycles. The molecule has 0 aromatic carbocycles. The van der Waals surface area contributed by atoms with Crippen LogP contribution in [-0.4, -0.2) is 49.4 Å². The maximum absolute atomic E-state index is 11.8. The molecular formula is C9H12N2O4. The van der Waals surface area contributed by atoms with E-state index in [1.165, 1.54) is 13.2 Å². The number of hydrogen-bond donors (Lipinski definition) is 0. The van der Waals surface area contributed by atoms with Gasteiger partial charge in [0.15, 0.2) is 0 Å². The molecule has 0 spiro atoms. The molecule has 0 N–H and O–H groups in total. The lowest BCUT2D eigenvalue weighted by Crippen LogP contribution is -2.40. The van der Waals surface area contributed by atoms with Crippen LogP contribution in [0.4, 0.5) is 0 Å². The highest BCUT2D eigenvalue weighted by Gasteiger charge is 2.22. The van der Waals surface area contributed by atoms with E-state index in [0.29, 0.717) is 32.2 Å². The third kappa shape index (κ3) is 2.10. The summed E-state index contributed by atoms with van der Waals surface area (Å²) in [6, 6.07) is 1.48. The summed E-state index contributed by atoms with van der Waals surface area (Å²) in [6.45, 7) is 2.30. The van der Waals surface area contributed by atoms with Gasteiger partial charge in [-0.05, 0) is 5.16 Å². The monoisotopic (exact) mass is 212 g/mol. The highest BCUT2D eigenvalue weighted by atomic mass is 16.5. The number of nitrogens with zero attached hydrogens (tertiary/aromatic N) is 2. The summed E-state index contributed by atoms with van der Waals surface area (Å²) in [5.74, 6) is 0.342. The minimum Gasteiger partial charge on any atom is -0.479 e. The van der Waals surface area contributed by atoms with E-state index in [0.717, 1.165) is 0 Å². The Labute approximate surface area is 86.7 Å². The van der Waals surface area contributed by atoms with Crippen molar-refractivity contribution in [1.29, 1.82) is 0 Å². The van der Waals surface area contributed by atoms with E-state index in [-0.39, 0.29) is 11.7 Å². The Kier molecular flexibility index (Phi) is 2.86. The Morgan fingerprint density at radius 3 is 2.87 bits per heavy atom. The zero-order valence-electron chi connectivity index (χ0n) is 8.43. The van der Waals surface area contributed by atoms with E-state index >= 15 is 0 Å². The van der Waals surface area contributed by atoms with Gasteiger partial charge in [-0.2, -0.15) is 0 Å². The van der Waals surface area contributed by atoms with Gasteiger partial charge in [-0.25, -0.2) is 0 Å². The van der Waals surface area contributed by atoms with E-state index < -0.39 is 0 Å². The van der Waals surface area contributed by atoms with Gasteiger partial charge in [-0.1, -0.05) is 0 Å². The predicted molar refractivity (Wildman–Crippen MR) is 49.8 cm³/mol. The van der Waals surface area contributed by atoms with Crippen molar-refractivity contribution in [3.63, 3.8) is 0 Å². The van der Waals surface area contributed by atoms with Crippen molar-refractivity contribution in [2.24, 2.45) is 0 Å². The van der Waals surface area contributed by atoms with Gasteiger partial charge < -0.3 is 18.9 Å². The maximum Gasteiger partial charge on any atom is 0.292 e. The molecule has 6 heteroatoms. The van der Waals surface area contributed by atoms with Crippen LogP contribution in [0.15, 0.2) is 10.6 Å². The van der Waals surface area contributed by atoms with Gasteiger partial charge in [-0.3, -0.25) is 4.79 Å². The summed E-state index contributed by atoms with van der Waals surface area (Å²) in [7, 11) is 1.47. The quantitative estimate of drug-likeness (QED) is 0.698. The van der Waals surface area contributed by atoms with Gasteiger partial charge in [0.25, 0.3) is 11.8 Å². The van der Waals surface area contributed by atoms with E-state index in [1.54, 1.807) is 4.90 Å². The highest BCUT2D eigenvalue weighted by molar-refractivity contribution is 5.91. The molecule has 0 bridgehead atoms. The third-order valence-electron chi connectivity index (χ3n) is 2.21. The van der Waals surface area contributed by atoms with Crippen molar-refractivity contribution in [3.05, 3.63) is 11.8 Å². The fourth-order valence-electron chi connectivity index (χ4n) is 1.38. The molecule has 1 aromatic heterocycles. The zero-order valence-corrected chi connectivity index (χ0v) is 8.43. The first-order chi connectivity index (χ1) is 7.31. The van der Waals surface area contributed by atoms with Crippen molar-refractivity contribution in [1.82, 2.24) is 10.1 Å². The van der Waals surface area contributed by atoms with Gasteiger partial charge in [0, 0.05) is 13.1 Å². The van der Waals surface area contributed by atoms with Gasteiger partial charge in [0.1, 0.15) is 0 Å². The summed E-state index contributed by atoms with van der Waals surface area (Å²) in [5.41, 5.74) is 0. The van der Waals surface area contributed by atoms with Gasteiger partial charge >= 0.3 is 0 Å². The first-order valence-corrected chi connectivity index (χ1v) is 4.69. The minimum atomic E-state index is -0.172. The standard InChI is InChI=1S/C9H12N2O4/c1-13-8-6-7(15-10-8)9(12)11-2-4-14-5-3-11/h6H,2-5H2,1H3. The van der Waals surface area contributed by atoms with Crippen LogP contribution in [-0.2, 0) is 4.74 Å². The van der Waals surface area contributed by atoms with Crippen LogP contribution in [0.1, 0.15) is 10.6 Å². The lowest BCUT2D eigenvalue weighted by molar-refractivity contribution is 0.0277. The van der Waals surface area contributed by atoms with E-state index in [9.17, 15) is 4.79 Å². The molecule has 1 fully saturated rings. The van der Waals surface area contributed by atoms with Crippen molar-refractivity contribution < 1.29 is 18.8 Å². The maximum atomic E-state index is 11.8. The molecule has 0 atom stereocenters. The zero-order chi connectivity index (χ0) is 10.7. The molecule has 2 rings (SSSR count). The molecule has 15 heavy (non-hydrogen) atoms. The predicted octanol–water partition coefficient (Wildman–Crippen LogP) is 0.156. The fraction of sp³-hybridized carbons (Fsp3) is 0.556. The number of carbonyl (C=O) groups excluding carboxylic acids is 1. The van der Waals surface area contributed by atoms with Crippen LogP contribution in [0.3, 0.4) is 0 Å². The summed E-state index contributed by atoms with van der Waals surface area (Å²) in [4.78, 5) is 13.5. The van der Waals surface area contributed by atoms with Gasteiger partial charge in [0.05, 0.1) is 26.4 Å². The molecule has 1 aromatic rings. The first-order valence-electron chi connectivity index (χ1n) is 4.69. The smallest absolute Gasteiger partial charge is 0.292 e. The topological polar surface area (TPSA) is 64.8 Å². The molecule has 1 saturated heterocycles. The molecule has 0 radical (unpaired) electrons. The third-order valence-corrected chi connectivity index (χ3v) is 2.21. The number of hydrogen-bond acceptors (Lipinski definition) is 5. The van der Waals surface area contributed by atoms with Crippen molar-refractivity contribution in [2.45, 2.75) is 0 Å². The number of carbonyl (C=O) groups is 1. The average Bonchev–Trinajstić information content (AvgIpc) is 2.78. The molecule has 1 amide bonds. The molecule has 1 aliphatic rings. The van der Waals surface area contributed by atoms with Crippen molar-refractivity contribution >= 4 is 5.91 Å². The summed E-state index contributed by atoms with van der Waals surface area (Å²) in [6.07, 6.45) is 0. The van der Waals surface area contributed by atoms with Crippen LogP contribution in [0.2, 0.25) is 0 Å². The Bertz CT molecular complexity index is 344. The highest BCUT2D eigenvalue weighted by Crippen LogP contribution is 2.13. The van der Waals surface area contributed by atoms with Gasteiger partial charge in [-0.15, -0.1) is 0 Å². The van der Waals surface area contributed by atoms with Crippen molar-refractivity contribution in [3.8, 4) is 5.88 Å². The second kappa shape index (κ2) is 4.31. The van der Waals surface area contributed by atoms with E-state index in [2.05, 4.69) is 5.16 Å². The van der Waals surface area contributed by atoms with Crippen LogP contribution >= 0.6 is 0 Å². The molecule has 1 aliphatic heterocycles. The number of rotatable bonds is 2. The molecule has 82 valence electrons. The summed E-state index contributed by atoms with van der Waals surface area (Å²) >= 11 is 0.